The predicted molar refractivity (Wildman–Crippen MR) is 71.8 cm³/mol. The van der Waals surface area contributed by atoms with Crippen LogP contribution in [0.3, 0.4) is 0 Å². The zero-order chi connectivity index (χ0) is 13.5. The molecule has 1 fully saturated rings. The second kappa shape index (κ2) is 4.70. The van der Waals surface area contributed by atoms with Crippen LogP contribution in [0.2, 0.25) is 0 Å². The number of nitrogens with zero attached hydrogens (tertiary/aromatic N) is 1. The number of rotatable bonds is 1. The van der Waals surface area contributed by atoms with E-state index in [0.29, 0.717) is 31.0 Å². The van der Waals surface area contributed by atoms with Gasteiger partial charge in [-0.3, -0.25) is 4.79 Å². The number of amides is 1. The Hall–Kier alpha value is -0.810. The van der Waals surface area contributed by atoms with E-state index in [4.69, 9.17) is 9.15 Å². The van der Waals surface area contributed by atoms with Gasteiger partial charge in [0.25, 0.3) is 5.91 Å². The van der Waals surface area contributed by atoms with E-state index < -0.39 is 0 Å². The van der Waals surface area contributed by atoms with Crippen molar-refractivity contribution >= 4 is 21.8 Å². The van der Waals surface area contributed by atoms with Crippen molar-refractivity contribution in [1.82, 2.24) is 4.90 Å². The minimum atomic E-state index is -0.285. The number of ether oxygens (including phenoxy) is 1. The normalized spacial score (nSPS) is 19.1. The van der Waals surface area contributed by atoms with Crippen molar-refractivity contribution in [3.05, 3.63) is 21.6 Å². The van der Waals surface area contributed by atoms with Crippen LogP contribution in [0.25, 0.3) is 0 Å². The summed E-state index contributed by atoms with van der Waals surface area (Å²) in [6, 6.07) is 0. The zero-order valence-electron chi connectivity index (χ0n) is 11.2. The van der Waals surface area contributed by atoms with Gasteiger partial charge in [0.2, 0.25) is 0 Å². The summed E-state index contributed by atoms with van der Waals surface area (Å²) in [6.45, 7) is 9.45. The van der Waals surface area contributed by atoms with Gasteiger partial charge in [-0.05, 0) is 43.6 Å². The maximum absolute atomic E-state index is 12.5. The van der Waals surface area contributed by atoms with Crippen LogP contribution in [0, 0.1) is 13.8 Å². The van der Waals surface area contributed by atoms with Crippen LogP contribution in [0.4, 0.5) is 0 Å². The highest BCUT2D eigenvalue weighted by Gasteiger charge is 2.32. The van der Waals surface area contributed by atoms with E-state index in [1.165, 1.54) is 0 Å². The van der Waals surface area contributed by atoms with Crippen LogP contribution >= 0.6 is 15.9 Å². The van der Waals surface area contributed by atoms with E-state index >= 15 is 0 Å². The fourth-order valence-electron chi connectivity index (χ4n) is 2.25. The third-order valence-corrected chi connectivity index (χ3v) is 4.07. The number of carbonyl (C=O) groups is 1. The Balaban J connectivity index is 2.26. The van der Waals surface area contributed by atoms with Crippen LogP contribution in [-0.2, 0) is 4.74 Å². The van der Waals surface area contributed by atoms with Crippen LogP contribution in [0.1, 0.15) is 35.7 Å². The van der Waals surface area contributed by atoms with Crippen molar-refractivity contribution in [3.63, 3.8) is 0 Å². The Bertz CT molecular complexity index is 479. The standard InChI is InChI=1S/C13H18BrNO3/c1-8-10(11(14)9(2)18-8)12(16)15-5-6-17-13(3,4)7-15/h5-7H2,1-4H3. The summed E-state index contributed by atoms with van der Waals surface area (Å²) in [4.78, 5) is 14.3. The summed E-state index contributed by atoms with van der Waals surface area (Å²) >= 11 is 3.42. The lowest BCUT2D eigenvalue weighted by atomic mass is 10.1. The van der Waals surface area contributed by atoms with Gasteiger partial charge in [-0.1, -0.05) is 0 Å². The Kier molecular flexibility index (Phi) is 3.56. The van der Waals surface area contributed by atoms with E-state index in [2.05, 4.69) is 15.9 Å². The highest BCUT2D eigenvalue weighted by Crippen LogP contribution is 2.29. The molecule has 0 saturated carbocycles. The predicted octanol–water partition coefficient (Wildman–Crippen LogP) is 2.91. The molecule has 0 aliphatic carbocycles. The lowest BCUT2D eigenvalue weighted by Crippen LogP contribution is -2.50. The molecule has 18 heavy (non-hydrogen) atoms. The molecule has 1 aliphatic rings. The molecule has 0 bridgehead atoms. The topological polar surface area (TPSA) is 42.7 Å². The van der Waals surface area contributed by atoms with Crippen LogP contribution in [-0.4, -0.2) is 36.1 Å². The monoisotopic (exact) mass is 315 g/mol. The number of morpholine rings is 1. The second-order valence-corrected chi connectivity index (χ2v) is 6.03. The van der Waals surface area contributed by atoms with Crippen molar-refractivity contribution in [1.29, 1.82) is 0 Å². The van der Waals surface area contributed by atoms with E-state index in [0.717, 1.165) is 10.2 Å². The van der Waals surface area contributed by atoms with Crippen LogP contribution in [0.15, 0.2) is 8.89 Å². The third kappa shape index (κ3) is 2.47. The van der Waals surface area contributed by atoms with E-state index in [-0.39, 0.29) is 11.5 Å². The van der Waals surface area contributed by atoms with Crippen molar-refractivity contribution in [2.45, 2.75) is 33.3 Å². The molecular formula is C13H18BrNO3. The molecule has 2 rings (SSSR count). The summed E-state index contributed by atoms with van der Waals surface area (Å²) in [5.41, 5.74) is 0.345. The van der Waals surface area contributed by atoms with Gasteiger partial charge in [0.05, 0.1) is 22.2 Å². The molecule has 5 heteroatoms. The average molecular weight is 316 g/mol. The fourth-order valence-corrected chi connectivity index (χ4v) is 2.78. The quantitative estimate of drug-likeness (QED) is 0.800. The molecule has 0 atom stereocenters. The van der Waals surface area contributed by atoms with Gasteiger partial charge in [-0.25, -0.2) is 0 Å². The Morgan fingerprint density at radius 3 is 2.50 bits per heavy atom. The maximum atomic E-state index is 12.5. The lowest BCUT2D eigenvalue weighted by molar-refractivity contribution is -0.0764. The zero-order valence-corrected chi connectivity index (χ0v) is 12.8. The SMILES string of the molecule is Cc1oc(C)c(C(=O)N2CCOC(C)(C)C2)c1Br. The highest BCUT2D eigenvalue weighted by atomic mass is 79.9. The molecule has 0 N–H and O–H groups in total. The first kappa shape index (κ1) is 13.6. The third-order valence-electron chi connectivity index (χ3n) is 3.11. The summed E-state index contributed by atoms with van der Waals surface area (Å²) in [5, 5.41) is 0. The number of halogens is 1. The van der Waals surface area contributed by atoms with Gasteiger partial charge in [-0.15, -0.1) is 0 Å². The molecule has 0 spiro atoms. The second-order valence-electron chi connectivity index (χ2n) is 5.24. The first-order valence-corrected chi connectivity index (χ1v) is 6.80. The van der Waals surface area contributed by atoms with E-state index in [9.17, 15) is 4.79 Å². The number of hydrogen-bond donors (Lipinski definition) is 0. The molecule has 100 valence electrons. The van der Waals surface area contributed by atoms with Gasteiger partial charge in [-0.2, -0.15) is 0 Å². The largest absolute Gasteiger partial charge is 0.465 e. The highest BCUT2D eigenvalue weighted by molar-refractivity contribution is 9.10. The van der Waals surface area contributed by atoms with Crippen LogP contribution < -0.4 is 0 Å². The molecule has 0 unspecified atom stereocenters. The molecule has 1 aliphatic heterocycles. The van der Waals surface area contributed by atoms with Crippen LogP contribution in [0.5, 0.6) is 0 Å². The lowest BCUT2D eigenvalue weighted by Gasteiger charge is -2.38. The Labute approximate surface area is 115 Å². The summed E-state index contributed by atoms with van der Waals surface area (Å²) in [5.74, 6) is 1.41. The molecule has 1 saturated heterocycles. The number of furan rings is 1. The van der Waals surface area contributed by atoms with Gasteiger partial charge < -0.3 is 14.1 Å². The van der Waals surface area contributed by atoms with E-state index in [1.807, 2.05) is 32.6 Å². The van der Waals surface area contributed by atoms with Gasteiger partial charge in [0, 0.05) is 13.1 Å². The van der Waals surface area contributed by atoms with Gasteiger partial charge in [0.1, 0.15) is 11.5 Å². The average Bonchev–Trinajstić information content (AvgIpc) is 2.51. The van der Waals surface area contributed by atoms with Crippen molar-refractivity contribution in [3.8, 4) is 0 Å². The summed E-state index contributed by atoms with van der Waals surface area (Å²) in [6.07, 6.45) is 0. The number of carbonyl (C=O) groups excluding carboxylic acids is 1. The van der Waals surface area contributed by atoms with Gasteiger partial charge >= 0.3 is 0 Å². The maximum Gasteiger partial charge on any atom is 0.258 e. The molecule has 1 aromatic heterocycles. The van der Waals surface area contributed by atoms with Gasteiger partial charge in [0.15, 0.2) is 0 Å². The van der Waals surface area contributed by atoms with Crippen molar-refractivity contribution in [2.24, 2.45) is 0 Å². The fraction of sp³-hybridized carbons (Fsp3) is 0.615. The first-order chi connectivity index (χ1) is 8.32. The Morgan fingerprint density at radius 1 is 1.33 bits per heavy atom. The number of hydrogen-bond acceptors (Lipinski definition) is 3. The van der Waals surface area contributed by atoms with E-state index in [1.54, 1.807) is 0 Å². The molecule has 1 amide bonds. The summed E-state index contributed by atoms with van der Waals surface area (Å²) in [7, 11) is 0. The molecule has 1 aromatic rings. The Morgan fingerprint density at radius 2 is 2.00 bits per heavy atom. The van der Waals surface area contributed by atoms with Crippen molar-refractivity contribution < 1.29 is 13.9 Å². The molecule has 0 radical (unpaired) electrons. The molecule has 0 aromatic carbocycles. The molecule has 2 heterocycles. The molecule has 4 nitrogen and oxygen atoms in total. The smallest absolute Gasteiger partial charge is 0.258 e. The molecular weight excluding hydrogens is 298 g/mol. The first-order valence-electron chi connectivity index (χ1n) is 6.00. The number of aryl methyl sites for hydroxylation is 2. The minimum absolute atomic E-state index is 0.00704. The van der Waals surface area contributed by atoms with Crippen molar-refractivity contribution in [2.75, 3.05) is 19.7 Å². The minimum Gasteiger partial charge on any atom is -0.465 e. The summed E-state index contributed by atoms with van der Waals surface area (Å²) < 4.78 is 11.9.